The number of hydrogen-bond donors (Lipinski definition) is 1. The zero-order valence-corrected chi connectivity index (χ0v) is 25.1. The van der Waals surface area contributed by atoms with E-state index in [1.54, 1.807) is 0 Å². The van der Waals surface area contributed by atoms with Crippen molar-refractivity contribution in [3.8, 4) is 0 Å². The highest BCUT2D eigenvalue weighted by atomic mass is 32.2. The number of esters is 4. The van der Waals surface area contributed by atoms with Crippen LogP contribution in [0.15, 0.2) is 0 Å². The van der Waals surface area contributed by atoms with Gasteiger partial charge in [-0.2, -0.15) is 17.2 Å². The summed E-state index contributed by atoms with van der Waals surface area (Å²) < 4.78 is 80.0. The molecule has 6 bridgehead atoms. The van der Waals surface area contributed by atoms with Crippen LogP contribution in [0.4, 0.5) is 8.78 Å². The first-order valence-corrected chi connectivity index (χ1v) is 16.7. The minimum atomic E-state index is -5.83. The summed E-state index contributed by atoms with van der Waals surface area (Å²) in [6, 6.07) is 0. The van der Waals surface area contributed by atoms with E-state index in [0.717, 1.165) is 25.7 Å². The molecule has 7 unspecified atom stereocenters. The lowest BCUT2D eigenvalue weighted by atomic mass is 9.49. The average Bonchev–Trinajstić information content (AvgIpc) is 3.47. The molecule has 1 heterocycles. The van der Waals surface area contributed by atoms with Gasteiger partial charge in [0.1, 0.15) is 17.8 Å². The van der Waals surface area contributed by atoms with Crippen LogP contribution >= 0.6 is 0 Å². The lowest BCUT2D eigenvalue weighted by molar-refractivity contribution is -0.218. The normalized spacial score (nSPS) is 42.9. The Bertz CT molecular complexity index is 1290. The Morgan fingerprint density at radius 2 is 1.63 bits per heavy atom. The molecule has 6 saturated carbocycles. The molecule has 1 N–H and O–H groups in total. The third kappa shape index (κ3) is 4.67. The molecule has 43 heavy (non-hydrogen) atoms. The van der Waals surface area contributed by atoms with Crippen LogP contribution in [-0.4, -0.2) is 66.0 Å². The fraction of sp³-hybridized carbons (Fsp3) is 0.862. The van der Waals surface area contributed by atoms with Crippen molar-refractivity contribution in [2.45, 2.75) is 101 Å². The summed E-state index contributed by atoms with van der Waals surface area (Å²) in [5.41, 5.74) is -0.562. The highest BCUT2D eigenvalue weighted by molar-refractivity contribution is 7.86. The fourth-order valence-electron chi connectivity index (χ4n) is 9.95. The van der Waals surface area contributed by atoms with Crippen LogP contribution in [0.1, 0.15) is 72.1 Å². The average molecular weight is 633 g/mol. The molecule has 240 valence electrons. The summed E-state index contributed by atoms with van der Waals surface area (Å²) in [6.07, 6.45) is 0.653. The maximum absolute atomic E-state index is 14.0. The first kappa shape index (κ1) is 30.7. The summed E-state index contributed by atoms with van der Waals surface area (Å²) in [7, 11) is -5.83. The standard InChI is InChI=1S/C29H38F2O11S/c1-4-28(16-8-14-7-15(10-16)11-17(28)9-14)42-27(35)23-21-12(2)20-22(23)26(34)41-25(20)24(21)40-19(33)6-5-18(32)39-13(3)29(30,31)43(36,37)38/h12-17,20-25H,4-11H2,1-3H3,(H,36,37,38)/t12-,13?,14?,15?,16?,17?,20?,21?,22?,23?,24?,25?,28?/m0/s1. The van der Waals surface area contributed by atoms with Gasteiger partial charge in [-0.1, -0.05) is 13.8 Å². The first-order chi connectivity index (χ1) is 20.1. The molecule has 7 rings (SSSR count). The van der Waals surface area contributed by atoms with E-state index in [2.05, 4.69) is 11.7 Å². The molecule has 7 fully saturated rings. The second-order valence-electron chi connectivity index (χ2n) is 13.6. The van der Waals surface area contributed by atoms with Gasteiger partial charge in [-0.05, 0) is 75.0 Å². The van der Waals surface area contributed by atoms with E-state index in [9.17, 15) is 36.4 Å². The van der Waals surface area contributed by atoms with Gasteiger partial charge in [0.2, 0.25) is 0 Å². The van der Waals surface area contributed by atoms with E-state index < -0.39 is 93.8 Å². The number of ether oxygens (including phenoxy) is 4. The Morgan fingerprint density at radius 3 is 2.19 bits per heavy atom. The van der Waals surface area contributed by atoms with Gasteiger partial charge < -0.3 is 18.9 Å². The maximum atomic E-state index is 14.0. The molecule has 7 aliphatic rings. The van der Waals surface area contributed by atoms with Gasteiger partial charge in [-0.3, -0.25) is 23.7 Å². The molecule has 0 amide bonds. The smallest absolute Gasteiger partial charge is 0.405 e. The number of alkyl halides is 2. The first-order valence-electron chi connectivity index (χ1n) is 15.3. The zero-order chi connectivity index (χ0) is 31.2. The minimum Gasteiger partial charge on any atom is -0.458 e. The third-order valence-electron chi connectivity index (χ3n) is 11.6. The monoisotopic (exact) mass is 632 g/mol. The SMILES string of the molecule is CCC1(OC(=O)C2C3C(=O)OC4C(OC(=O)CCC(=O)OC(C)C(F)(F)S(=O)(=O)O)C2[C@@H](C)C43)C2CC3CC(C2)CC1C3. The summed E-state index contributed by atoms with van der Waals surface area (Å²) in [5.74, 6) is -3.78. The maximum Gasteiger partial charge on any atom is 0.405 e. The molecule has 0 spiro atoms. The largest absolute Gasteiger partial charge is 0.458 e. The topological polar surface area (TPSA) is 160 Å². The molecule has 11 nitrogen and oxygen atoms in total. The highest BCUT2D eigenvalue weighted by Gasteiger charge is 2.74. The summed E-state index contributed by atoms with van der Waals surface area (Å²) in [4.78, 5) is 51.8. The van der Waals surface area contributed by atoms with E-state index >= 15 is 0 Å². The van der Waals surface area contributed by atoms with Gasteiger partial charge in [-0.15, -0.1) is 0 Å². The third-order valence-corrected chi connectivity index (χ3v) is 12.6. The molecule has 0 radical (unpaired) electrons. The molecule has 0 aromatic carbocycles. The Kier molecular flexibility index (Phi) is 7.38. The van der Waals surface area contributed by atoms with Crippen molar-refractivity contribution < 1.29 is 59.9 Å². The van der Waals surface area contributed by atoms with Crippen LogP contribution in [0.5, 0.6) is 0 Å². The highest BCUT2D eigenvalue weighted by Crippen LogP contribution is 2.64. The number of carbonyl (C=O) groups excluding carboxylic acids is 4. The molecule has 0 aromatic rings. The van der Waals surface area contributed by atoms with Crippen LogP contribution in [0.3, 0.4) is 0 Å². The number of hydrogen-bond acceptors (Lipinski definition) is 10. The number of rotatable bonds is 10. The number of halogens is 2. The van der Waals surface area contributed by atoms with Gasteiger partial charge in [0, 0.05) is 11.8 Å². The summed E-state index contributed by atoms with van der Waals surface area (Å²) >= 11 is 0. The quantitative estimate of drug-likeness (QED) is 0.214. The molecule has 0 aromatic heterocycles. The molecular formula is C29H38F2O11S. The van der Waals surface area contributed by atoms with Gasteiger partial charge >= 0.3 is 39.2 Å². The molecule has 1 saturated heterocycles. The molecular weight excluding hydrogens is 594 g/mol. The second kappa shape index (κ2) is 10.3. The van der Waals surface area contributed by atoms with E-state index in [4.69, 9.17) is 18.8 Å². The lowest BCUT2D eigenvalue weighted by Crippen LogP contribution is -2.60. The van der Waals surface area contributed by atoms with E-state index in [1.807, 2.05) is 6.92 Å². The van der Waals surface area contributed by atoms with Crippen molar-refractivity contribution in [1.29, 1.82) is 0 Å². The Hall–Kier alpha value is -2.35. The van der Waals surface area contributed by atoms with Gasteiger partial charge in [0.25, 0.3) is 0 Å². The Morgan fingerprint density at radius 1 is 1.05 bits per heavy atom. The second-order valence-corrected chi connectivity index (χ2v) is 15.1. The van der Waals surface area contributed by atoms with Crippen LogP contribution in [0.25, 0.3) is 0 Å². The number of carbonyl (C=O) groups is 4. The van der Waals surface area contributed by atoms with Crippen molar-refractivity contribution in [2.24, 2.45) is 53.3 Å². The van der Waals surface area contributed by atoms with Gasteiger partial charge in [0.15, 0.2) is 6.10 Å². The van der Waals surface area contributed by atoms with Gasteiger partial charge in [-0.25, -0.2) is 0 Å². The predicted octanol–water partition coefficient (Wildman–Crippen LogP) is 3.29. The van der Waals surface area contributed by atoms with Crippen molar-refractivity contribution in [2.75, 3.05) is 0 Å². The Labute approximate surface area is 248 Å². The number of fused-ring (bicyclic) bond motifs is 1. The summed E-state index contributed by atoms with van der Waals surface area (Å²) in [6.45, 7) is 4.54. The van der Waals surface area contributed by atoms with E-state index in [1.165, 1.54) is 6.42 Å². The van der Waals surface area contributed by atoms with Crippen LogP contribution in [0.2, 0.25) is 0 Å². The van der Waals surface area contributed by atoms with E-state index in [-0.39, 0.29) is 11.8 Å². The molecule has 14 heteroatoms. The van der Waals surface area contributed by atoms with Crippen LogP contribution in [0, 0.1) is 53.3 Å². The van der Waals surface area contributed by atoms with Crippen LogP contribution < -0.4 is 0 Å². The summed E-state index contributed by atoms with van der Waals surface area (Å²) in [5, 5.41) is -4.73. The zero-order valence-electron chi connectivity index (χ0n) is 24.3. The van der Waals surface area contributed by atoms with Crippen molar-refractivity contribution in [3.63, 3.8) is 0 Å². The molecule has 1 aliphatic heterocycles. The van der Waals surface area contributed by atoms with E-state index in [0.29, 0.717) is 37.0 Å². The van der Waals surface area contributed by atoms with Crippen molar-refractivity contribution in [3.05, 3.63) is 0 Å². The van der Waals surface area contributed by atoms with Gasteiger partial charge in [0.05, 0.1) is 24.7 Å². The molecule has 8 atom stereocenters. The lowest BCUT2D eigenvalue weighted by Gasteiger charge is -2.60. The molecule has 6 aliphatic carbocycles. The predicted molar refractivity (Wildman–Crippen MR) is 140 cm³/mol. The Balaban J connectivity index is 1.12. The fourth-order valence-corrected chi connectivity index (χ4v) is 10.4. The van der Waals surface area contributed by atoms with Crippen LogP contribution in [-0.2, 0) is 48.2 Å². The minimum absolute atomic E-state index is 0.179. The van der Waals surface area contributed by atoms with Crippen molar-refractivity contribution >= 4 is 34.0 Å². The van der Waals surface area contributed by atoms with Crippen molar-refractivity contribution in [1.82, 2.24) is 0 Å².